The zero-order valence-corrected chi connectivity index (χ0v) is 9.12. The fourth-order valence-electron chi connectivity index (χ4n) is 1.90. The minimum Gasteiger partial charge on any atom is -0.497 e. The molecule has 2 N–H and O–H groups in total. The molecule has 1 atom stereocenters. The lowest BCUT2D eigenvalue weighted by molar-refractivity contribution is 0.415. The lowest BCUT2D eigenvalue weighted by atomic mass is 10.1. The predicted molar refractivity (Wildman–Crippen MR) is 62.5 cm³/mol. The quantitative estimate of drug-likeness (QED) is 0.792. The van der Waals surface area contributed by atoms with Gasteiger partial charge in [0.25, 0.3) is 0 Å². The molecule has 1 aliphatic heterocycles. The molecule has 0 unspecified atom stereocenters. The molecule has 0 radical (unpaired) electrons. The van der Waals surface area contributed by atoms with Crippen molar-refractivity contribution in [2.45, 2.75) is 18.9 Å². The summed E-state index contributed by atoms with van der Waals surface area (Å²) in [5.41, 5.74) is 1.17. The van der Waals surface area contributed by atoms with Crippen LogP contribution < -0.4 is 15.4 Å². The highest BCUT2D eigenvalue weighted by atomic mass is 16.5. The van der Waals surface area contributed by atoms with Gasteiger partial charge in [0.1, 0.15) is 5.75 Å². The third-order valence-electron chi connectivity index (χ3n) is 2.76. The minimum absolute atomic E-state index is 0.562. The van der Waals surface area contributed by atoms with E-state index in [-0.39, 0.29) is 0 Å². The van der Waals surface area contributed by atoms with Crippen LogP contribution in [0.25, 0.3) is 0 Å². The Kier molecular flexibility index (Phi) is 3.45. The fourth-order valence-corrected chi connectivity index (χ4v) is 1.90. The zero-order chi connectivity index (χ0) is 10.5. The van der Waals surface area contributed by atoms with Crippen molar-refractivity contribution in [2.24, 2.45) is 0 Å². The van der Waals surface area contributed by atoms with E-state index in [4.69, 9.17) is 4.74 Å². The topological polar surface area (TPSA) is 33.3 Å². The number of ether oxygens (including phenoxy) is 1. The van der Waals surface area contributed by atoms with Crippen LogP contribution in [0.3, 0.4) is 0 Å². The SMILES string of the molecule is COc1ccc(N[C@@H]2CCCNC2)cc1. The fraction of sp³-hybridized carbons (Fsp3) is 0.500. The normalized spacial score (nSPS) is 21.0. The summed E-state index contributed by atoms with van der Waals surface area (Å²) in [6, 6.07) is 8.66. The number of benzene rings is 1. The highest BCUT2D eigenvalue weighted by Crippen LogP contribution is 2.17. The van der Waals surface area contributed by atoms with Gasteiger partial charge in [-0.05, 0) is 43.7 Å². The molecule has 3 heteroatoms. The predicted octanol–water partition coefficient (Wildman–Crippen LogP) is 1.86. The van der Waals surface area contributed by atoms with Gasteiger partial charge in [-0.1, -0.05) is 0 Å². The standard InChI is InChI=1S/C12H18N2O/c1-15-12-6-4-10(5-7-12)14-11-3-2-8-13-9-11/h4-7,11,13-14H,2-3,8-9H2,1H3/t11-/m1/s1. The molecule has 3 nitrogen and oxygen atoms in total. The Morgan fingerprint density at radius 1 is 1.33 bits per heavy atom. The van der Waals surface area contributed by atoms with Gasteiger partial charge in [-0.3, -0.25) is 0 Å². The summed E-state index contributed by atoms with van der Waals surface area (Å²) in [5.74, 6) is 0.905. The van der Waals surface area contributed by atoms with Crippen LogP contribution in [0.5, 0.6) is 5.75 Å². The van der Waals surface area contributed by atoms with Gasteiger partial charge < -0.3 is 15.4 Å². The summed E-state index contributed by atoms with van der Waals surface area (Å²) in [6.07, 6.45) is 2.51. The largest absolute Gasteiger partial charge is 0.497 e. The highest BCUT2D eigenvalue weighted by Gasteiger charge is 2.11. The van der Waals surface area contributed by atoms with E-state index < -0.39 is 0 Å². The monoisotopic (exact) mass is 206 g/mol. The minimum atomic E-state index is 0.562. The summed E-state index contributed by atoms with van der Waals surface area (Å²) in [6.45, 7) is 2.22. The van der Waals surface area contributed by atoms with Crippen molar-refractivity contribution in [3.05, 3.63) is 24.3 Å². The first-order valence-corrected chi connectivity index (χ1v) is 5.50. The van der Waals surface area contributed by atoms with E-state index in [2.05, 4.69) is 22.8 Å². The summed E-state index contributed by atoms with van der Waals surface area (Å²) in [7, 11) is 1.69. The molecule has 0 aromatic heterocycles. The smallest absolute Gasteiger partial charge is 0.119 e. The van der Waals surface area contributed by atoms with Gasteiger partial charge in [0.2, 0.25) is 0 Å². The summed E-state index contributed by atoms with van der Waals surface area (Å²) in [5, 5.41) is 6.90. The van der Waals surface area contributed by atoms with Crippen LogP contribution in [-0.2, 0) is 0 Å². The molecule has 0 saturated carbocycles. The van der Waals surface area contributed by atoms with Crippen LogP contribution in [0.1, 0.15) is 12.8 Å². The number of nitrogens with one attached hydrogen (secondary N) is 2. The summed E-state index contributed by atoms with van der Waals surface area (Å²) < 4.78 is 5.12. The molecular weight excluding hydrogens is 188 g/mol. The maximum atomic E-state index is 5.12. The molecular formula is C12H18N2O. The maximum Gasteiger partial charge on any atom is 0.119 e. The van der Waals surface area contributed by atoms with Crippen molar-refractivity contribution >= 4 is 5.69 Å². The molecule has 1 heterocycles. The van der Waals surface area contributed by atoms with Gasteiger partial charge in [-0.15, -0.1) is 0 Å². The number of anilines is 1. The second-order valence-corrected chi connectivity index (χ2v) is 3.92. The Bertz CT molecular complexity index is 291. The second-order valence-electron chi connectivity index (χ2n) is 3.92. The molecule has 1 aliphatic rings. The molecule has 1 saturated heterocycles. The van der Waals surface area contributed by atoms with Crippen LogP contribution in [0.15, 0.2) is 24.3 Å². The third kappa shape index (κ3) is 2.86. The van der Waals surface area contributed by atoms with E-state index in [0.29, 0.717) is 6.04 Å². The summed E-state index contributed by atoms with van der Waals surface area (Å²) >= 11 is 0. The Morgan fingerprint density at radius 2 is 2.13 bits per heavy atom. The molecule has 1 aromatic carbocycles. The van der Waals surface area contributed by atoms with Crippen molar-refractivity contribution in [3.8, 4) is 5.75 Å². The van der Waals surface area contributed by atoms with Gasteiger partial charge in [0.15, 0.2) is 0 Å². The molecule has 2 rings (SSSR count). The van der Waals surface area contributed by atoms with Crippen LogP contribution in [0.4, 0.5) is 5.69 Å². The molecule has 0 aliphatic carbocycles. The van der Waals surface area contributed by atoms with Crippen molar-refractivity contribution in [1.29, 1.82) is 0 Å². The van der Waals surface area contributed by atoms with E-state index in [1.165, 1.54) is 18.5 Å². The van der Waals surface area contributed by atoms with Crippen LogP contribution >= 0.6 is 0 Å². The molecule has 0 amide bonds. The molecule has 0 spiro atoms. The Morgan fingerprint density at radius 3 is 2.73 bits per heavy atom. The number of piperidine rings is 1. The van der Waals surface area contributed by atoms with E-state index in [0.717, 1.165) is 18.8 Å². The molecule has 1 aromatic rings. The van der Waals surface area contributed by atoms with Gasteiger partial charge in [0, 0.05) is 18.3 Å². The average molecular weight is 206 g/mol. The van der Waals surface area contributed by atoms with Gasteiger partial charge >= 0.3 is 0 Å². The van der Waals surface area contributed by atoms with Gasteiger partial charge in [-0.2, -0.15) is 0 Å². The van der Waals surface area contributed by atoms with E-state index in [9.17, 15) is 0 Å². The van der Waals surface area contributed by atoms with E-state index in [1.807, 2.05) is 12.1 Å². The Balaban J connectivity index is 1.91. The van der Waals surface area contributed by atoms with Crippen molar-refractivity contribution in [1.82, 2.24) is 5.32 Å². The zero-order valence-electron chi connectivity index (χ0n) is 9.12. The second kappa shape index (κ2) is 5.03. The van der Waals surface area contributed by atoms with Crippen molar-refractivity contribution in [3.63, 3.8) is 0 Å². The van der Waals surface area contributed by atoms with Crippen molar-refractivity contribution in [2.75, 3.05) is 25.5 Å². The first kappa shape index (κ1) is 10.3. The number of hydrogen-bond donors (Lipinski definition) is 2. The first-order valence-electron chi connectivity index (χ1n) is 5.50. The Labute approximate surface area is 90.8 Å². The van der Waals surface area contributed by atoms with E-state index in [1.54, 1.807) is 7.11 Å². The molecule has 15 heavy (non-hydrogen) atoms. The lowest BCUT2D eigenvalue weighted by Crippen LogP contribution is -2.38. The maximum absolute atomic E-state index is 5.12. The number of methoxy groups -OCH3 is 1. The first-order chi connectivity index (χ1) is 7.38. The third-order valence-corrected chi connectivity index (χ3v) is 2.76. The number of rotatable bonds is 3. The molecule has 1 fully saturated rings. The average Bonchev–Trinajstić information content (AvgIpc) is 2.31. The van der Waals surface area contributed by atoms with Crippen LogP contribution in [0.2, 0.25) is 0 Å². The lowest BCUT2D eigenvalue weighted by Gasteiger charge is -2.24. The molecule has 0 bridgehead atoms. The van der Waals surface area contributed by atoms with Crippen LogP contribution in [0, 0.1) is 0 Å². The highest BCUT2D eigenvalue weighted by molar-refractivity contribution is 5.47. The molecule has 82 valence electrons. The van der Waals surface area contributed by atoms with E-state index >= 15 is 0 Å². The van der Waals surface area contributed by atoms with Crippen molar-refractivity contribution < 1.29 is 4.74 Å². The van der Waals surface area contributed by atoms with Gasteiger partial charge in [0.05, 0.1) is 7.11 Å². The summed E-state index contributed by atoms with van der Waals surface area (Å²) in [4.78, 5) is 0. The Hall–Kier alpha value is -1.22. The van der Waals surface area contributed by atoms with Crippen LogP contribution in [-0.4, -0.2) is 26.2 Å². The number of hydrogen-bond acceptors (Lipinski definition) is 3. The van der Waals surface area contributed by atoms with Gasteiger partial charge in [-0.25, -0.2) is 0 Å².